The molecule has 1 fully saturated rings. The van der Waals surface area contributed by atoms with Crippen LogP contribution in [0.25, 0.3) is 0 Å². The van der Waals surface area contributed by atoms with Crippen molar-refractivity contribution in [3.63, 3.8) is 0 Å². The predicted octanol–water partition coefficient (Wildman–Crippen LogP) is 1.16. The third kappa shape index (κ3) is 1.13. The summed E-state index contributed by atoms with van der Waals surface area (Å²) in [6.45, 7) is 0. The number of nitrogens with two attached hydrogens (primary N) is 2. The maximum atomic E-state index is 5.74. The van der Waals surface area contributed by atoms with Crippen LogP contribution in [-0.4, -0.2) is 9.78 Å². The van der Waals surface area contributed by atoms with E-state index in [1.807, 2.05) is 4.68 Å². The van der Waals surface area contributed by atoms with Crippen molar-refractivity contribution < 1.29 is 0 Å². The normalized spacial score (nSPS) is 18.7. The van der Waals surface area contributed by atoms with Crippen molar-refractivity contribution >= 4 is 11.6 Å². The van der Waals surface area contributed by atoms with Gasteiger partial charge in [-0.2, -0.15) is 5.10 Å². The van der Waals surface area contributed by atoms with Gasteiger partial charge < -0.3 is 11.5 Å². The third-order valence-electron chi connectivity index (χ3n) is 2.45. The highest BCUT2D eigenvalue weighted by atomic mass is 15.3. The first kappa shape index (κ1) is 7.46. The molecular formula is C8H14N4. The molecular weight excluding hydrogens is 152 g/mol. The number of rotatable bonds is 1. The van der Waals surface area contributed by atoms with Gasteiger partial charge in [0.1, 0.15) is 11.6 Å². The summed E-state index contributed by atoms with van der Waals surface area (Å²) in [6, 6.07) is 2.21. The molecule has 1 aliphatic carbocycles. The number of anilines is 2. The summed E-state index contributed by atoms with van der Waals surface area (Å²) in [7, 11) is 0. The molecule has 1 aliphatic rings. The van der Waals surface area contributed by atoms with Crippen molar-refractivity contribution in [1.29, 1.82) is 0 Å². The molecule has 12 heavy (non-hydrogen) atoms. The quantitative estimate of drug-likeness (QED) is 0.657. The fourth-order valence-electron chi connectivity index (χ4n) is 1.87. The smallest absolute Gasteiger partial charge is 0.147 e. The second kappa shape index (κ2) is 2.69. The van der Waals surface area contributed by atoms with Crippen LogP contribution in [0.4, 0.5) is 11.6 Å². The van der Waals surface area contributed by atoms with E-state index in [9.17, 15) is 0 Å². The predicted molar refractivity (Wildman–Crippen MR) is 48.6 cm³/mol. The van der Waals surface area contributed by atoms with Gasteiger partial charge in [0, 0.05) is 6.07 Å². The summed E-state index contributed by atoms with van der Waals surface area (Å²) in [5.41, 5.74) is 11.3. The van der Waals surface area contributed by atoms with Gasteiger partial charge in [-0.05, 0) is 12.8 Å². The Morgan fingerprint density at radius 2 is 2.00 bits per heavy atom. The molecule has 0 radical (unpaired) electrons. The minimum absolute atomic E-state index is 0.488. The lowest BCUT2D eigenvalue weighted by atomic mass is 10.2. The van der Waals surface area contributed by atoms with Crippen LogP contribution >= 0.6 is 0 Å². The van der Waals surface area contributed by atoms with Crippen molar-refractivity contribution in [3.05, 3.63) is 6.07 Å². The fraction of sp³-hybridized carbons (Fsp3) is 0.625. The zero-order chi connectivity index (χ0) is 8.55. The van der Waals surface area contributed by atoms with Gasteiger partial charge in [0.2, 0.25) is 0 Å². The Labute approximate surface area is 71.5 Å². The van der Waals surface area contributed by atoms with E-state index in [-0.39, 0.29) is 0 Å². The molecule has 0 spiro atoms. The van der Waals surface area contributed by atoms with E-state index in [0.29, 0.717) is 17.7 Å². The maximum absolute atomic E-state index is 5.74. The molecule has 1 aromatic heterocycles. The molecule has 0 unspecified atom stereocenters. The average Bonchev–Trinajstić information content (AvgIpc) is 2.58. The van der Waals surface area contributed by atoms with Crippen LogP contribution in [0.5, 0.6) is 0 Å². The van der Waals surface area contributed by atoms with Crippen LogP contribution in [0.15, 0.2) is 6.07 Å². The van der Waals surface area contributed by atoms with E-state index in [4.69, 9.17) is 11.5 Å². The molecule has 0 saturated heterocycles. The van der Waals surface area contributed by atoms with Gasteiger partial charge in [-0.1, -0.05) is 12.8 Å². The molecule has 1 heterocycles. The Morgan fingerprint density at radius 1 is 1.33 bits per heavy atom. The Morgan fingerprint density at radius 3 is 2.50 bits per heavy atom. The summed E-state index contributed by atoms with van der Waals surface area (Å²) < 4.78 is 1.86. The fourth-order valence-corrected chi connectivity index (χ4v) is 1.87. The molecule has 0 bridgehead atoms. The molecule has 1 saturated carbocycles. The van der Waals surface area contributed by atoms with Gasteiger partial charge in [-0.3, -0.25) is 0 Å². The first-order chi connectivity index (χ1) is 5.77. The van der Waals surface area contributed by atoms with E-state index in [0.717, 1.165) is 0 Å². The zero-order valence-electron chi connectivity index (χ0n) is 7.03. The molecule has 2 rings (SSSR count). The third-order valence-corrected chi connectivity index (χ3v) is 2.45. The molecule has 66 valence electrons. The van der Waals surface area contributed by atoms with E-state index in [1.54, 1.807) is 6.07 Å². The molecule has 0 aliphatic heterocycles. The monoisotopic (exact) mass is 166 g/mol. The molecule has 0 atom stereocenters. The van der Waals surface area contributed by atoms with Crippen LogP contribution in [0.3, 0.4) is 0 Å². The highest BCUT2D eigenvalue weighted by Crippen LogP contribution is 2.31. The SMILES string of the molecule is Nc1cc(N)n(C2CCCC2)n1. The summed E-state index contributed by atoms with van der Waals surface area (Å²) >= 11 is 0. The number of hydrogen-bond donors (Lipinski definition) is 2. The number of aromatic nitrogens is 2. The minimum atomic E-state index is 0.488. The molecule has 0 amide bonds. The lowest BCUT2D eigenvalue weighted by Crippen LogP contribution is -2.09. The van der Waals surface area contributed by atoms with Gasteiger partial charge in [-0.25, -0.2) is 4.68 Å². The largest absolute Gasteiger partial charge is 0.384 e. The summed E-state index contributed by atoms with van der Waals surface area (Å²) in [5.74, 6) is 1.22. The van der Waals surface area contributed by atoms with E-state index < -0.39 is 0 Å². The van der Waals surface area contributed by atoms with Crippen LogP contribution in [0.1, 0.15) is 31.7 Å². The number of hydrogen-bond acceptors (Lipinski definition) is 3. The number of nitrogen functional groups attached to an aromatic ring is 2. The first-order valence-electron chi connectivity index (χ1n) is 4.38. The van der Waals surface area contributed by atoms with E-state index in [1.165, 1.54) is 25.7 Å². The van der Waals surface area contributed by atoms with E-state index in [2.05, 4.69) is 5.10 Å². The molecule has 4 N–H and O–H groups in total. The average molecular weight is 166 g/mol. The second-order valence-electron chi connectivity index (χ2n) is 3.38. The van der Waals surface area contributed by atoms with Gasteiger partial charge in [0.05, 0.1) is 6.04 Å². The summed E-state index contributed by atoms with van der Waals surface area (Å²) in [6.07, 6.45) is 4.93. The second-order valence-corrected chi connectivity index (χ2v) is 3.38. The Balaban J connectivity index is 2.25. The van der Waals surface area contributed by atoms with Crippen LogP contribution in [-0.2, 0) is 0 Å². The van der Waals surface area contributed by atoms with Crippen molar-refractivity contribution in [2.24, 2.45) is 0 Å². The van der Waals surface area contributed by atoms with E-state index >= 15 is 0 Å². The van der Waals surface area contributed by atoms with Crippen molar-refractivity contribution in [2.45, 2.75) is 31.7 Å². The lowest BCUT2D eigenvalue weighted by Gasteiger charge is -2.10. The Hall–Kier alpha value is -1.19. The molecule has 4 heteroatoms. The Bertz CT molecular complexity index is 273. The van der Waals surface area contributed by atoms with Crippen LogP contribution < -0.4 is 11.5 Å². The maximum Gasteiger partial charge on any atom is 0.147 e. The Kier molecular flexibility index (Phi) is 1.67. The number of nitrogens with zero attached hydrogens (tertiary/aromatic N) is 2. The van der Waals surface area contributed by atoms with Crippen molar-refractivity contribution in [3.8, 4) is 0 Å². The molecule has 0 aromatic carbocycles. The summed E-state index contributed by atoms with van der Waals surface area (Å²) in [4.78, 5) is 0. The molecule has 4 nitrogen and oxygen atoms in total. The van der Waals surface area contributed by atoms with Crippen molar-refractivity contribution in [1.82, 2.24) is 9.78 Å². The summed E-state index contributed by atoms with van der Waals surface area (Å²) in [5, 5.41) is 4.16. The standard InChI is InChI=1S/C8H14N4/c9-7-5-8(10)12(11-7)6-3-1-2-4-6/h5-6H,1-4,10H2,(H2,9,11). The van der Waals surface area contributed by atoms with Gasteiger partial charge in [-0.15, -0.1) is 0 Å². The lowest BCUT2D eigenvalue weighted by molar-refractivity contribution is 0.475. The minimum Gasteiger partial charge on any atom is -0.384 e. The topological polar surface area (TPSA) is 69.9 Å². The van der Waals surface area contributed by atoms with Crippen molar-refractivity contribution in [2.75, 3.05) is 11.5 Å². The first-order valence-corrected chi connectivity index (χ1v) is 4.38. The van der Waals surface area contributed by atoms with Gasteiger partial charge in [0.15, 0.2) is 0 Å². The van der Waals surface area contributed by atoms with Gasteiger partial charge >= 0.3 is 0 Å². The highest BCUT2D eigenvalue weighted by molar-refractivity contribution is 5.42. The highest BCUT2D eigenvalue weighted by Gasteiger charge is 2.19. The molecule has 1 aromatic rings. The van der Waals surface area contributed by atoms with Crippen LogP contribution in [0, 0.1) is 0 Å². The zero-order valence-corrected chi connectivity index (χ0v) is 7.03. The van der Waals surface area contributed by atoms with Gasteiger partial charge in [0.25, 0.3) is 0 Å². The van der Waals surface area contributed by atoms with Crippen LogP contribution in [0.2, 0.25) is 0 Å².